The zero-order valence-corrected chi connectivity index (χ0v) is 22.2. The van der Waals surface area contributed by atoms with Gasteiger partial charge in [-0.15, -0.1) is 0 Å². The van der Waals surface area contributed by atoms with Crippen molar-refractivity contribution in [3.8, 4) is 0 Å². The maximum Gasteiger partial charge on any atom is 0.256 e. The first kappa shape index (κ1) is 25.5. The molecule has 1 amide bonds. The van der Waals surface area contributed by atoms with Crippen molar-refractivity contribution in [2.45, 2.75) is 4.90 Å². The normalized spacial score (nSPS) is 14.8. The lowest BCUT2D eigenvalue weighted by Crippen LogP contribution is -2.33. The van der Waals surface area contributed by atoms with Gasteiger partial charge in [-0.3, -0.25) is 14.9 Å². The molecule has 1 aliphatic heterocycles. The van der Waals surface area contributed by atoms with Crippen LogP contribution in [0.15, 0.2) is 65.8 Å². The predicted octanol–water partition coefficient (Wildman–Crippen LogP) is 3.80. The van der Waals surface area contributed by atoms with Crippen molar-refractivity contribution < 1.29 is 13.2 Å². The van der Waals surface area contributed by atoms with E-state index in [4.69, 9.17) is 0 Å². The van der Waals surface area contributed by atoms with Crippen molar-refractivity contribution in [2.75, 3.05) is 39.5 Å². The first-order valence-corrected chi connectivity index (χ1v) is 13.5. The Balaban J connectivity index is 1.44. The average Bonchev–Trinajstić information content (AvgIpc) is 3.45. The van der Waals surface area contributed by atoms with Crippen LogP contribution >= 0.6 is 0 Å². The van der Waals surface area contributed by atoms with Gasteiger partial charge in [-0.1, -0.05) is 12.1 Å². The van der Waals surface area contributed by atoms with E-state index in [-0.39, 0.29) is 10.8 Å². The molecule has 2 N–H and O–H groups in total. The van der Waals surface area contributed by atoms with Gasteiger partial charge in [0.1, 0.15) is 0 Å². The number of pyridine rings is 1. The van der Waals surface area contributed by atoms with Crippen LogP contribution in [0.5, 0.6) is 0 Å². The Labute approximate surface area is 221 Å². The molecule has 0 radical (unpaired) electrons. The molecule has 0 fully saturated rings. The van der Waals surface area contributed by atoms with Crippen LogP contribution < -0.4 is 5.32 Å². The molecule has 0 atom stereocenters. The van der Waals surface area contributed by atoms with Crippen molar-refractivity contribution in [2.24, 2.45) is 0 Å². The molecular weight excluding hydrogens is 500 g/mol. The number of likely N-dealkylation sites (N-methyl/N-ethyl adjacent to an activating group) is 2. The van der Waals surface area contributed by atoms with E-state index in [1.54, 1.807) is 37.7 Å². The number of nitrogens with one attached hydrogen (secondary N) is 2. The number of nitrogens with zero attached hydrogens (tertiary/aromatic N) is 4. The highest BCUT2D eigenvalue weighted by Gasteiger charge is 2.28. The number of hydrogen-bond acceptors (Lipinski definition) is 6. The summed E-state index contributed by atoms with van der Waals surface area (Å²) in [6, 6.07) is 14.3. The summed E-state index contributed by atoms with van der Waals surface area (Å²) in [5.74, 6) is -0.277. The van der Waals surface area contributed by atoms with Gasteiger partial charge in [0.25, 0.3) is 5.91 Å². The summed E-state index contributed by atoms with van der Waals surface area (Å²) < 4.78 is 27.6. The molecule has 194 valence electrons. The van der Waals surface area contributed by atoms with Crippen molar-refractivity contribution >= 4 is 56.3 Å². The Morgan fingerprint density at radius 1 is 0.921 bits per heavy atom. The number of sulfonamides is 1. The zero-order valence-electron chi connectivity index (χ0n) is 21.3. The summed E-state index contributed by atoms with van der Waals surface area (Å²) in [4.78, 5) is 18.9. The summed E-state index contributed by atoms with van der Waals surface area (Å²) in [6.45, 7) is 0.958. The molecule has 38 heavy (non-hydrogen) atoms. The average molecular weight is 529 g/mol. The van der Waals surface area contributed by atoms with E-state index in [1.165, 1.54) is 10.4 Å². The van der Waals surface area contributed by atoms with E-state index in [1.807, 2.05) is 61.5 Å². The fraction of sp³-hybridized carbons (Fsp3) is 0.179. The van der Waals surface area contributed by atoms with Crippen LogP contribution in [0.3, 0.4) is 0 Å². The second-order valence-electron chi connectivity index (χ2n) is 9.38. The van der Waals surface area contributed by atoms with E-state index in [9.17, 15) is 13.2 Å². The number of anilines is 1. The van der Waals surface area contributed by atoms with Crippen molar-refractivity contribution in [3.63, 3.8) is 0 Å². The smallest absolute Gasteiger partial charge is 0.256 e. The minimum atomic E-state index is -3.70. The number of carbonyl (C=O) groups excluding carboxylic acids is 1. The Kier molecular flexibility index (Phi) is 6.94. The third kappa shape index (κ3) is 5.14. The number of amides is 1. The predicted molar refractivity (Wildman–Crippen MR) is 151 cm³/mol. The molecule has 5 rings (SSSR count). The third-order valence-corrected chi connectivity index (χ3v) is 8.26. The van der Waals surface area contributed by atoms with E-state index in [2.05, 4.69) is 20.5 Å². The van der Waals surface area contributed by atoms with Gasteiger partial charge in [0.2, 0.25) is 10.0 Å². The minimum Gasteiger partial charge on any atom is -0.321 e. The maximum atomic E-state index is 13.1. The van der Waals surface area contributed by atoms with Crippen LogP contribution in [0.2, 0.25) is 0 Å². The molecular formula is C28H28N6O3S. The summed E-state index contributed by atoms with van der Waals surface area (Å²) in [6.07, 6.45) is 9.14. The summed E-state index contributed by atoms with van der Waals surface area (Å²) in [5, 5.41) is 11.2. The topological polar surface area (TPSA) is 111 Å². The van der Waals surface area contributed by atoms with Crippen LogP contribution in [-0.4, -0.2) is 72.9 Å². The molecule has 1 aliphatic rings. The van der Waals surface area contributed by atoms with Crippen molar-refractivity contribution in [3.05, 3.63) is 83.3 Å². The van der Waals surface area contributed by atoms with E-state index >= 15 is 0 Å². The largest absolute Gasteiger partial charge is 0.321 e. The van der Waals surface area contributed by atoms with Crippen molar-refractivity contribution in [1.82, 2.24) is 24.4 Å². The fourth-order valence-corrected chi connectivity index (χ4v) is 5.39. The number of rotatable bonds is 8. The highest BCUT2D eigenvalue weighted by molar-refractivity contribution is 7.89. The first-order valence-electron chi connectivity index (χ1n) is 12.1. The molecule has 0 bridgehead atoms. The molecule has 10 heteroatoms. The Bertz CT molecular complexity index is 1670. The lowest BCUT2D eigenvalue weighted by atomic mass is 10.0. The number of aromatic amines is 1. The molecule has 4 aromatic rings. The van der Waals surface area contributed by atoms with Gasteiger partial charge in [-0.05, 0) is 79.8 Å². The quantitative estimate of drug-likeness (QED) is 0.337. The van der Waals surface area contributed by atoms with Gasteiger partial charge >= 0.3 is 0 Å². The lowest BCUT2D eigenvalue weighted by Gasteiger charge is -2.19. The third-order valence-electron chi connectivity index (χ3n) is 6.41. The second-order valence-corrected chi connectivity index (χ2v) is 11.4. The van der Waals surface area contributed by atoms with Gasteiger partial charge < -0.3 is 10.2 Å². The number of benzene rings is 2. The van der Waals surface area contributed by atoms with Crippen LogP contribution in [0, 0.1) is 0 Å². The molecule has 0 spiro atoms. The van der Waals surface area contributed by atoms with Crippen LogP contribution in [-0.2, 0) is 14.8 Å². The lowest BCUT2D eigenvalue weighted by molar-refractivity contribution is -0.110. The van der Waals surface area contributed by atoms with E-state index in [0.717, 1.165) is 27.7 Å². The van der Waals surface area contributed by atoms with Gasteiger partial charge in [0, 0.05) is 54.7 Å². The number of H-pyrrole nitrogens is 1. The number of aromatic nitrogens is 3. The number of carbonyl (C=O) groups is 1. The molecule has 0 aliphatic carbocycles. The molecule has 0 saturated carbocycles. The summed E-state index contributed by atoms with van der Waals surface area (Å²) in [7, 11) is 1.65. The van der Waals surface area contributed by atoms with Crippen molar-refractivity contribution in [1.29, 1.82) is 0 Å². The zero-order chi connectivity index (χ0) is 26.9. The summed E-state index contributed by atoms with van der Waals surface area (Å²) in [5.41, 5.74) is 4.99. The first-order chi connectivity index (χ1) is 18.2. The van der Waals surface area contributed by atoms with Gasteiger partial charge in [-0.2, -0.15) is 9.40 Å². The number of fused-ring (bicyclic) bond motifs is 2. The van der Waals surface area contributed by atoms with E-state index in [0.29, 0.717) is 29.9 Å². The molecule has 9 nitrogen and oxygen atoms in total. The Morgan fingerprint density at radius 2 is 1.71 bits per heavy atom. The van der Waals surface area contributed by atoms with E-state index < -0.39 is 10.0 Å². The molecule has 2 aromatic carbocycles. The SMILES string of the molecule is CN(C)CCN(C)S(=O)(=O)c1ccc2c(c1)C(=Cc1ccc3c(/C=C/c4ccncc4)n[nH]c3c1)C(=O)N2. The van der Waals surface area contributed by atoms with Crippen LogP contribution in [0.25, 0.3) is 34.7 Å². The Hall–Kier alpha value is -4.12. The van der Waals surface area contributed by atoms with Gasteiger partial charge in [-0.25, -0.2) is 8.42 Å². The molecule has 0 saturated heterocycles. The second kappa shape index (κ2) is 10.3. The molecule has 3 heterocycles. The van der Waals surface area contributed by atoms with Gasteiger partial charge in [0.05, 0.1) is 16.1 Å². The summed E-state index contributed by atoms with van der Waals surface area (Å²) >= 11 is 0. The minimum absolute atomic E-state index is 0.148. The molecule has 2 aromatic heterocycles. The number of hydrogen-bond donors (Lipinski definition) is 2. The maximum absolute atomic E-state index is 13.1. The Morgan fingerprint density at radius 3 is 2.47 bits per heavy atom. The van der Waals surface area contributed by atoms with Crippen LogP contribution in [0.1, 0.15) is 22.4 Å². The highest BCUT2D eigenvalue weighted by atomic mass is 32.2. The van der Waals surface area contributed by atoms with Gasteiger partial charge in [0.15, 0.2) is 0 Å². The van der Waals surface area contributed by atoms with Crippen LogP contribution in [0.4, 0.5) is 5.69 Å². The standard InChI is InChI=1S/C28H28N6O3S/c1-33(2)14-15-34(3)38(36,37)21-6-9-25-23(18-21)24(28(35)30-25)16-20-4-7-22-26(31-32-27(22)17-20)8-5-19-10-12-29-13-11-19/h4-13,16-18H,14-15H2,1-3H3,(H,30,35)(H,31,32)/b8-5+,24-16?. The fourth-order valence-electron chi connectivity index (χ4n) is 4.20. The highest BCUT2D eigenvalue weighted by Crippen LogP contribution is 2.35. The monoisotopic (exact) mass is 528 g/mol. The molecule has 0 unspecified atom stereocenters.